The summed E-state index contributed by atoms with van der Waals surface area (Å²) in [7, 11) is 0. The van der Waals surface area contributed by atoms with Gasteiger partial charge in [0, 0.05) is 24.5 Å². The zero-order chi connectivity index (χ0) is 14.7. The molecule has 0 saturated carbocycles. The lowest BCUT2D eigenvalue weighted by molar-refractivity contribution is 0.0949. The Morgan fingerprint density at radius 2 is 2.19 bits per heavy atom. The van der Waals surface area contributed by atoms with E-state index in [0.717, 1.165) is 11.1 Å². The van der Waals surface area contributed by atoms with Gasteiger partial charge in [0.1, 0.15) is 17.0 Å². The molecule has 1 aromatic carbocycles. The summed E-state index contributed by atoms with van der Waals surface area (Å²) in [5, 5.41) is 13.4. The second-order valence-electron chi connectivity index (χ2n) is 4.61. The summed E-state index contributed by atoms with van der Waals surface area (Å²) in [5.74, 6) is -0.200. The normalized spacial score (nSPS) is 10.7. The summed E-state index contributed by atoms with van der Waals surface area (Å²) in [6, 6.07) is 8.54. The first kappa shape index (κ1) is 13.1. The van der Waals surface area contributed by atoms with Crippen molar-refractivity contribution in [1.29, 1.82) is 0 Å². The monoisotopic (exact) mass is 282 g/mol. The highest BCUT2D eigenvalue weighted by molar-refractivity contribution is 5.95. The molecule has 0 aliphatic heterocycles. The average molecular weight is 282 g/mol. The molecular weight excluding hydrogens is 268 g/mol. The highest BCUT2D eigenvalue weighted by atomic mass is 16.3. The average Bonchev–Trinajstić information content (AvgIpc) is 3.00. The molecule has 0 unspecified atom stereocenters. The largest absolute Gasteiger partial charge is 0.506 e. The number of rotatable bonds is 4. The zero-order valence-corrected chi connectivity index (χ0v) is 11.2. The first-order valence-electron chi connectivity index (χ1n) is 6.58. The third kappa shape index (κ3) is 2.84. The van der Waals surface area contributed by atoms with E-state index in [4.69, 9.17) is 0 Å². The number of aromatic amines is 1. The number of amides is 1. The molecule has 3 N–H and O–H groups in total. The Labute approximate surface area is 120 Å². The Bertz CT molecular complexity index is 768. The maximum atomic E-state index is 12.0. The van der Waals surface area contributed by atoms with Crippen LogP contribution in [0.1, 0.15) is 16.2 Å². The van der Waals surface area contributed by atoms with Crippen molar-refractivity contribution in [3.05, 3.63) is 54.2 Å². The van der Waals surface area contributed by atoms with E-state index in [2.05, 4.69) is 20.3 Å². The summed E-state index contributed by atoms with van der Waals surface area (Å²) in [6.07, 6.45) is 4.04. The number of H-pyrrole nitrogens is 1. The van der Waals surface area contributed by atoms with E-state index >= 15 is 0 Å². The molecular formula is C15H14N4O2. The molecule has 0 spiro atoms. The lowest BCUT2D eigenvalue weighted by Gasteiger charge is -2.05. The van der Waals surface area contributed by atoms with E-state index in [1.165, 1.54) is 0 Å². The van der Waals surface area contributed by atoms with E-state index in [1.807, 2.05) is 6.07 Å². The van der Waals surface area contributed by atoms with Crippen LogP contribution in [-0.2, 0) is 6.42 Å². The number of benzene rings is 1. The number of hydrogen-bond donors (Lipinski definition) is 3. The number of aromatic nitrogens is 3. The molecule has 2 aromatic heterocycles. The molecule has 106 valence electrons. The van der Waals surface area contributed by atoms with Gasteiger partial charge in [0.2, 0.25) is 0 Å². The molecule has 21 heavy (non-hydrogen) atoms. The quantitative estimate of drug-likeness (QED) is 0.678. The predicted octanol–water partition coefficient (Wildman–Crippen LogP) is 1.64. The van der Waals surface area contributed by atoms with Gasteiger partial charge in [-0.3, -0.25) is 4.79 Å². The van der Waals surface area contributed by atoms with E-state index in [-0.39, 0.29) is 17.4 Å². The first-order chi connectivity index (χ1) is 10.2. The fraction of sp³-hybridized carbons (Fsp3) is 0.133. The van der Waals surface area contributed by atoms with Crippen molar-refractivity contribution in [3.8, 4) is 5.75 Å². The van der Waals surface area contributed by atoms with Crippen LogP contribution < -0.4 is 5.32 Å². The molecule has 0 atom stereocenters. The third-order valence-corrected chi connectivity index (χ3v) is 3.15. The van der Waals surface area contributed by atoms with E-state index < -0.39 is 0 Å². The Morgan fingerprint density at radius 1 is 1.29 bits per heavy atom. The predicted molar refractivity (Wildman–Crippen MR) is 78.0 cm³/mol. The van der Waals surface area contributed by atoms with Crippen molar-refractivity contribution in [2.45, 2.75) is 6.42 Å². The van der Waals surface area contributed by atoms with Gasteiger partial charge in [-0.05, 0) is 12.1 Å². The van der Waals surface area contributed by atoms with Gasteiger partial charge in [-0.2, -0.15) is 0 Å². The van der Waals surface area contributed by atoms with Gasteiger partial charge in [-0.1, -0.05) is 18.2 Å². The highest BCUT2D eigenvalue weighted by Crippen LogP contribution is 2.22. The Balaban J connectivity index is 1.71. The van der Waals surface area contributed by atoms with Gasteiger partial charge in [0.05, 0.1) is 12.0 Å². The van der Waals surface area contributed by atoms with Crippen LogP contribution in [0, 0.1) is 0 Å². The number of carbonyl (C=O) groups is 1. The number of aromatic hydroxyl groups is 1. The molecule has 0 radical (unpaired) electrons. The van der Waals surface area contributed by atoms with Crippen LogP contribution in [0.25, 0.3) is 10.9 Å². The Kier molecular flexibility index (Phi) is 3.51. The number of nitrogens with zero attached hydrogens (tertiary/aromatic N) is 2. The number of nitrogens with one attached hydrogen (secondary N) is 2. The third-order valence-electron chi connectivity index (χ3n) is 3.15. The molecule has 6 nitrogen and oxygen atoms in total. The number of hydrogen-bond acceptors (Lipinski definition) is 4. The van der Waals surface area contributed by atoms with Crippen LogP contribution in [0.3, 0.4) is 0 Å². The lowest BCUT2D eigenvalue weighted by atomic mass is 10.2. The zero-order valence-electron chi connectivity index (χ0n) is 11.2. The van der Waals surface area contributed by atoms with Crippen LogP contribution >= 0.6 is 0 Å². The molecule has 3 aromatic rings. The molecule has 0 bridgehead atoms. The number of pyridine rings is 1. The second-order valence-corrected chi connectivity index (χ2v) is 4.61. The van der Waals surface area contributed by atoms with Crippen molar-refractivity contribution in [3.63, 3.8) is 0 Å². The number of phenols is 1. The van der Waals surface area contributed by atoms with Crippen molar-refractivity contribution in [2.24, 2.45) is 0 Å². The first-order valence-corrected chi connectivity index (χ1v) is 6.58. The fourth-order valence-electron chi connectivity index (χ4n) is 2.08. The van der Waals surface area contributed by atoms with E-state index in [9.17, 15) is 9.90 Å². The van der Waals surface area contributed by atoms with Gasteiger partial charge < -0.3 is 15.4 Å². The summed E-state index contributed by atoms with van der Waals surface area (Å²) >= 11 is 0. The molecule has 2 heterocycles. The topological polar surface area (TPSA) is 90.9 Å². The van der Waals surface area contributed by atoms with Crippen LogP contribution in [0.2, 0.25) is 0 Å². The maximum Gasteiger partial charge on any atom is 0.269 e. The maximum absolute atomic E-state index is 12.0. The molecule has 0 aliphatic carbocycles. The van der Waals surface area contributed by atoms with Crippen molar-refractivity contribution in [1.82, 2.24) is 20.3 Å². The molecule has 1 amide bonds. The number of fused-ring (bicyclic) bond motifs is 1. The number of imidazole rings is 1. The molecule has 3 rings (SSSR count). The van der Waals surface area contributed by atoms with Crippen LogP contribution in [0.5, 0.6) is 5.75 Å². The molecule has 0 fully saturated rings. The van der Waals surface area contributed by atoms with Gasteiger partial charge >= 0.3 is 0 Å². The molecule has 6 heteroatoms. The summed E-state index contributed by atoms with van der Waals surface area (Å²) < 4.78 is 0. The van der Waals surface area contributed by atoms with Crippen LogP contribution in [0.15, 0.2) is 42.9 Å². The highest BCUT2D eigenvalue weighted by Gasteiger charge is 2.09. The standard InChI is InChI=1S/C15H14N4O2/c20-13-3-1-2-10-4-5-12(19-14(10)13)15(21)17-7-6-11-8-16-9-18-11/h1-5,8-9,20H,6-7H2,(H,16,18)(H,17,21). The van der Waals surface area contributed by atoms with Gasteiger partial charge in [0.15, 0.2) is 0 Å². The summed E-state index contributed by atoms with van der Waals surface area (Å²) in [5.41, 5.74) is 1.60. The number of para-hydroxylation sites is 1. The van der Waals surface area contributed by atoms with E-state index in [0.29, 0.717) is 18.5 Å². The van der Waals surface area contributed by atoms with Crippen molar-refractivity contribution in [2.75, 3.05) is 6.54 Å². The SMILES string of the molecule is O=C(NCCc1c[nH]cn1)c1ccc2cccc(O)c2n1. The smallest absolute Gasteiger partial charge is 0.269 e. The Hall–Kier alpha value is -2.89. The molecule has 0 saturated heterocycles. The minimum Gasteiger partial charge on any atom is -0.506 e. The summed E-state index contributed by atoms with van der Waals surface area (Å²) in [6.45, 7) is 0.476. The summed E-state index contributed by atoms with van der Waals surface area (Å²) in [4.78, 5) is 23.2. The second kappa shape index (κ2) is 5.62. The Morgan fingerprint density at radius 3 is 3.00 bits per heavy atom. The van der Waals surface area contributed by atoms with E-state index in [1.54, 1.807) is 36.8 Å². The van der Waals surface area contributed by atoms with Crippen LogP contribution in [0.4, 0.5) is 0 Å². The number of phenolic OH excluding ortho intramolecular Hbond substituents is 1. The minimum atomic E-state index is -0.268. The molecule has 0 aliphatic rings. The number of carbonyl (C=O) groups excluding carboxylic acids is 1. The fourth-order valence-corrected chi connectivity index (χ4v) is 2.08. The van der Waals surface area contributed by atoms with Gasteiger partial charge in [-0.25, -0.2) is 9.97 Å². The van der Waals surface area contributed by atoms with Gasteiger partial charge in [-0.15, -0.1) is 0 Å². The minimum absolute atomic E-state index is 0.0682. The van der Waals surface area contributed by atoms with Crippen LogP contribution in [-0.4, -0.2) is 32.5 Å². The van der Waals surface area contributed by atoms with Crippen molar-refractivity contribution >= 4 is 16.8 Å². The lowest BCUT2D eigenvalue weighted by Crippen LogP contribution is -2.26. The van der Waals surface area contributed by atoms with Crippen molar-refractivity contribution < 1.29 is 9.90 Å². The van der Waals surface area contributed by atoms with Gasteiger partial charge in [0.25, 0.3) is 5.91 Å².